The number of carbonyl (C=O) groups is 2. The summed E-state index contributed by atoms with van der Waals surface area (Å²) in [6.07, 6.45) is 8.36. The summed E-state index contributed by atoms with van der Waals surface area (Å²) in [4.78, 5) is 23.8. The van der Waals surface area contributed by atoms with Gasteiger partial charge in [-0.05, 0) is 97.4 Å². The van der Waals surface area contributed by atoms with Gasteiger partial charge in [0.25, 0.3) is 0 Å². The van der Waals surface area contributed by atoms with E-state index in [0.717, 1.165) is 28.7 Å². The molecule has 0 amide bonds. The van der Waals surface area contributed by atoms with Crippen molar-refractivity contribution in [3.05, 3.63) is 95.6 Å². The van der Waals surface area contributed by atoms with E-state index in [-0.39, 0.29) is 33.0 Å². The molecule has 1 aliphatic carbocycles. The lowest BCUT2D eigenvalue weighted by molar-refractivity contribution is -0.140. The first-order valence-electron chi connectivity index (χ1n) is 17.1. The maximum Gasteiger partial charge on any atom is 0.333 e. The van der Waals surface area contributed by atoms with E-state index in [2.05, 4.69) is 62.5 Å². The van der Waals surface area contributed by atoms with Crippen LogP contribution in [0.4, 0.5) is 0 Å². The number of aryl methyl sites for hydroxylation is 1. The molecule has 7 nitrogen and oxygen atoms in total. The third kappa shape index (κ3) is 10.1. The highest BCUT2D eigenvalue weighted by molar-refractivity contribution is 5.87. The largest absolute Gasteiger partial charge is 0.490 e. The van der Waals surface area contributed by atoms with Gasteiger partial charge in [0.2, 0.25) is 0 Å². The molecule has 1 aliphatic rings. The van der Waals surface area contributed by atoms with E-state index in [1.165, 1.54) is 48.8 Å². The predicted molar refractivity (Wildman–Crippen MR) is 190 cm³/mol. The van der Waals surface area contributed by atoms with Crippen molar-refractivity contribution >= 4 is 11.9 Å². The van der Waals surface area contributed by atoms with Crippen molar-refractivity contribution in [3.8, 4) is 33.8 Å². The molecule has 0 atom stereocenters. The Kier molecular flexibility index (Phi) is 13.9. The van der Waals surface area contributed by atoms with Crippen molar-refractivity contribution in [2.24, 2.45) is 0 Å². The fraction of sp³-hybridized carbons (Fsp3) is 0.415. The first-order chi connectivity index (χ1) is 23.2. The van der Waals surface area contributed by atoms with Gasteiger partial charge in [-0.25, -0.2) is 9.59 Å². The number of rotatable bonds is 17. The molecule has 48 heavy (non-hydrogen) atoms. The molecular weight excluding hydrogens is 604 g/mol. The zero-order chi connectivity index (χ0) is 34.5. The highest BCUT2D eigenvalue weighted by atomic mass is 16.6. The van der Waals surface area contributed by atoms with Crippen molar-refractivity contribution < 1.29 is 33.6 Å². The highest BCUT2D eigenvalue weighted by Crippen LogP contribution is 2.39. The van der Waals surface area contributed by atoms with Crippen LogP contribution in [0.1, 0.15) is 81.9 Å². The number of benzene rings is 3. The number of aliphatic hydroxyl groups is 1. The van der Waals surface area contributed by atoms with Crippen LogP contribution in [0.15, 0.2) is 78.9 Å². The van der Waals surface area contributed by atoms with E-state index in [9.17, 15) is 14.7 Å². The monoisotopic (exact) mass is 654 g/mol. The maximum absolute atomic E-state index is 11.9. The van der Waals surface area contributed by atoms with Gasteiger partial charge in [-0.3, -0.25) is 0 Å². The molecule has 1 saturated carbocycles. The third-order valence-electron chi connectivity index (χ3n) is 8.72. The summed E-state index contributed by atoms with van der Waals surface area (Å²) >= 11 is 0. The van der Waals surface area contributed by atoms with Crippen LogP contribution >= 0.6 is 0 Å². The predicted octanol–water partition coefficient (Wildman–Crippen LogP) is 8.55. The molecule has 0 saturated heterocycles. The molecule has 1 fully saturated rings. The van der Waals surface area contributed by atoms with Crippen molar-refractivity contribution in [2.75, 3.05) is 33.0 Å². The third-order valence-corrected chi connectivity index (χ3v) is 8.72. The molecule has 0 unspecified atom stereocenters. The number of aliphatic hydroxyl groups excluding tert-OH is 1. The lowest BCUT2D eigenvalue weighted by Crippen LogP contribution is -2.15. The molecule has 7 heteroatoms. The number of esters is 2. The Balaban J connectivity index is 1.65. The fourth-order valence-electron chi connectivity index (χ4n) is 6.08. The Morgan fingerprint density at radius 3 is 1.83 bits per heavy atom. The summed E-state index contributed by atoms with van der Waals surface area (Å²) in [5.41, 5.74) is 8.34. The topological polar surface area (TPSA) is 91.3 Å². The molecule has 0 aromatic heterocycles. The second-order valence-electron chi connectivity index (χ2n) is 12.5. The molecule has 0 radical (unpaired) electrons. The van der Waals surface area contributed by atoms with Crippen LogP contribution in [0.3, 0.4) is 0 Å². The summed E-state index contributed by atoms with van der Waals surface area (Å²) < 4.78 is 22.9. The van der Waals surface area contributed by atoms with E-state index in [1.807, 2.05) is 12.1 Å². The second kappa shape index (κ2) is 18.3. The van der Waals surface area contributed by atoms with Crippen LogP contribution < -0.4 is 9.47 Å². The zero-order valence-electron chi connectivity index (χ0n) is 28.8. The van der Waals surface area contributed by atoms with Gasteiger partial charge in [0.05, 0.1) is 0 Å². The number of carbonyl (C=O) groups excluding carboxylic acids is 2. The molecule has 4 rings (SSSR count). The summed E-state index contributed by atoms with van der Waals surface area (Å²) in [6, 6.07) is 19.6. The standard InChI is InChI=1S/C41H50O7/c1-6-30-25-34(33-16-14-32(15-17-33)31-11-8-7-9-12-31)18-19-36(30)35-26-38(45-21-23-47-40(43)28(2)3)37(13-10-20-42)39(27-35)46-22-24-48-41(44)29(4)5/h14-19,25-27,31,42H,2,4,6-13,20-24H2,1,3,5H3. The van der Waals surface area contributed by atoms with Crippen LogP contribution in [-0.2, 0) is 31.9 Å². The molecule has 256 valence electrons. The quantitative estimate of drug-likeness (QED) is 0.0886. The summed E-state index contributed by atoms with van der Waals surface area (Å²) in [5.74, 6) is 0.872. The van der Waals surface area contributed by atoms with Gasteiger partial charge in [0, 0.05) is 23.3 Å². The highest BCUT2D eigenvalue weighted by Gasteiger charge is 2.19. The van der Waals surface area contributed by atoms with E-state index in [1.54, 1.807) is 13.8 Å². The minimum Gasteiger partial charge on any atom is -0.490 e. The lowest BCUT2D eigenvalue weighted by Gasteiger charge is -2.22. The van der Waals surface area contributed by atoms with Crippen LogP contribution in [0.5, 0.6) is 11.5 Å². The van der Waals surface area contributed by atoms with Gasteiger partial charge >= 0.3 is 11.9 Å². The van der Waals surface area contributed by atoms with E-state index >= 15 is 0 Å². The van der Waals surface area contributed by atoms with Gasteiger partial charge in [-0.15, -0.1) is 0 Å². The minimum atomic E-state index is -0.475. The van der Waals surface area contributed by atoms with Crippen LogP contribution in [0, 0.1) is 0 Å². The van der Waals surface area contributed by atoms with Gasteiger partial charge in [-0.2, -0.15) is 0 Å². The van der Waals surface area contributed by atoms with Crippen molar-refractivity contribution in [1.82, 2.24) is 0 Å². The van der Waals surface area contributed by atoms with Crippen molar-refractivity contribution in [1.29, 1.82) is 0 Å². The normalized spacial score (nSPS) is 13.1. The average molecular weight is 655 g/mol. The van der Waals surface area contributed by atoms with E-state index in [4.69, 9.17) is 18.9 Å². The van der Waals surface area contributed by atoms with Crippen molar-refractivity contribution in [3.63, 3.8) is 0 Å². The minimum absolute atomic E-state index is 0.00381. The number of hydrogen-bond donors (Lipinski definition) is 1. The van der Waals surface area contributed by atoms with Crippen LogP contribution in [0.2, 0.25) is 0 Å². The van der Waals surface area contributed by atoms with Gasteiger partial charge < -0.3 is 24.1 Å². The van der Waals surface area contributed by atoms with Crippen LogP contribution in [0.25, 0.3) is 22.3 Å². The molecule has 0 spiro atoms. The Labute approximate surface area is 285 Å². The first kappa shape index (κ1) is 36.5. The van der Waals surface area contributed by atoms with Crippen LogP contribution in [-0.4, -0.2) is 50.1 Å². The maximum atomic E-state index is 11.9. The molecule has 0 bridgehead atoms. The molecule has 3 aromatic carbocycles. The summed E-state index contributed by atoms with van der Waals surface area (Å²) in [5, 5.41) is 9.65. The fourth-order valence-corrected chi connectivity index (χ4v) is 6.08. The van der Waals surface area contributed by atoms with Gasteiger partial charge in [-0.1, -0.05) is 81.8 Å². The Morgan fingerprint density at radius 2 is 1.31 bits per heavy atom. The Bertz CT molecular complexity index is 1510. The van der Waals surface area contributed by atoms with E-state index < -0.39 is 11.9 Å². The van der Waals surface area contributed by atoms with Gasteiger partial charge in [0.1, 0.15) is 37.9 Å². The second-order valence-corrected chi connectivity index (χ2v) is 12.5. The van der Waals surface area contributed by atoms with Crippen molar-refractivity contribution in [2.45, 2.75) is 78.1 Å². The first-order valence-corrected chi connectivity index (χ1v) is 17.1. The summed E-state index contributed by atoms with van der Waals surface area (Å²) in [6.45, 7) is 12.9. The Morgan fingerprint density at radius 1 is 0.750 bits per heavy atom. The smallest absolute Gasteiger partial charge is 0.333 e. The lowest BCUT2D eigenvalue weighted by atomic mass is 9.83. The molecule has 3 aromatic rings. The molecule has 0 aliphatic heterocycles. The van der Waals surface area contributed by atoms with E-state index in [0.29, 0.717) is 41.4 Å². The SMILES string of the molecule is C=C(C)C(=O)OCCOc1cc(-c2ccc(-c3ccc(C4CCCCC4)cc3)cc2CC)cc(OCCOC(=O)C(=C)C)c1CCCO. The summed E-state index contributed by atoms with van der Waals surface area (Å²) in [7, 11) is 0. The number of ether oxygens (including phenoxy) is 4. The van der Waals surface area contributed by atoms with Gasteiger partial charge in [0.15, 0.2) is 0 Å². The molecular formula is C41H50O7. The zero-order valence-corrected chi connectivity index (χ0v) is 28.8. The average Bonchev–Trinajstić information content (AvgIpc) is 3.11. The molecule has 1 N–H and O–H groups in total. The molecule has 0 heterocycles. The number of hydrogen-bond acceptors (Lipinski definition) is 7. The Hall–Kier alpha value is -4.36.